The molecule has 2 aromatic carbocycles. The highest BCUT2D eigenvalue weighted by atomic mass is 79.9. The second-order valence-electron chi connectivity index (χ2n) is 4.13. The highest BCUT2D eigenvalue weighted by molar-refractivity contribution is 9.10. The lowest BCUT2D eigenvalue weighted by Crippen LogP contribution is -2.30. The minimum Gasteiger partial charge on any atom is -0.494 e. The minimum atomic E-state index is -0.675. The van der Waals surface area contributed by atoms with Crippen LogP contribution in [0.5, 0.6) is 5.75 Å². The van der Waals surface area contributed by atoms with E-state index < -0.39 is 17.7 Å². The lowest BCUT2D eigenvalue weighted by Gasteiger charge is -2.19. The fourth-order valence-electron chi connectivity index (χ4n) is 1.99. The molecule has 0 amide bonds. The number of benzene rings is 2. The monoisotopic (exact) mass is 342 g/mol. The Morgan fingerprint density at radius 3 is 2.50 bits per heavy atom. The number of methoxy groups -OCH3 is 1. The van der Waals surface area contributed by atoms with Crippen molar-refractivity contribution in [2.24, 2.45) is 5.84 Å². The standard InChI is InChI=1S/C14H13BrF2N2O/c1-20-12-6-5-8(7-11(12)17)14(19-18)13-9(15)3-2-4-10(13)16/h2-7,14,19H,18H2,1H3. The van der Waals surface area contributed by atoms with E-state index >= 15 is 0 Å². The quantitative estimate of drug-likeness (QED) is 0.662. The van der Waals surface area contributed by atoms with Crippen LogP contribution in [0.3, 0.4) is 0 Å². The molecule has 2 aromatic rings. The first-order chi connectivity index (χ1) is 9.58. The number of hydrogen-bond acceptors (Lipinski definition) is 3. The first-order valence-corrected chi connectivity index (χ1v) is 6.61. The SMILES string of the molecule is COc1ccc(C(NN)c2c(F)cccc2Br)cc1F. The van der Waals surface area contributed by atoms with Crippen LogP contribution < -0.4 is 16.0 Å². The van der Waals surface area contributed by atoms with Gasteiger partial charge in [0, 0.05) is 10.0 Å². The molecule has 2 rings (SSSR count). The Bertz CT molecular complexity index is 602. The van der Waals surface area contributed by atoms with Gasteiger partial charge in [-0.25, -0.2) is 14.2 Å². The zero-order valence-electron chi connectivity index (χ0n) is 10.7. The molecule has 6 heteroatoms. The second-order valence-corrected chi connectivity index (χ2v) is 4.98. The summed E-state index contributed by atoms with van der Waals surface area (Å²) >= 11 is 3.28. The molecule has 0 saturated heterocycles. The van der Waals surface area contributed by atoms with Crippen LogP contribution in [0.4, 0.5) is 8.78 Å². The van der Waals surface area contributed by atoms with Crippen LogP contribution in [-0.4, -0.2) is 7.11 Å². The number of hydrogen-bond donors (Lipinski definition) is 2. The topological polar surface area (TPSA) is 47.3 Å². The fourth-order valence-corrected chi connectivity index (χ4v) is 2.57. The molecule has 0 radical (unpaired) electrons. The first-order valence-electron chi connectivity index (χ1n) is 5.82. The van der Waals surface area contributed by atoms with E-state index in [9.17, 15) is 8.78 Å². The zero-order chi connectivity index (χ0) is 14.7. The Hall–Kier alpha value is -1.50. The van der Waals surface area contributed by atoms with E-state index in [1.807, 2.05) is 0 Å². The first kappa shape index (κ1) is 14.9. The molecule has 3 N–H and O–H groups in total. The van der Waals surface area contributed by atoms with Gasteiger partial charge in [0.05, 0.1) is 13.2 Å². The van der Waals surface area contributed by atoms with E-state index in [2.05, 4.69) is 21.4 Å². The molecule has 0 aliphatic rings. The lowest BCUT2D eigenvalue weighted by molar-refractivity contribution is 0.385. The van der Waals surface area contributed by atoms with Crippen molar-refractivity contribution in [3.8, 4) is 5.75 Å². The van der Waals surface area contributed by atoms with Gasteiger partial charge < -0.3 is 4.74 Å². The van der Waals surface area contributed by atoms with E-state index in [0.29, 0.717) is 15.6 Å². The summed E-state index contributed by atoms with van der Waals surface area (Å²) in [7, 11) is 1.38. The molecule has 0 aromatic heterocycles. The summed E-state index contributed by atoms with van der Waals surface area (Å²) in [5.41, 5.74) is 3.32. The van der Waals surface area contributed by atoms with Crippen molar-refractivity contribution >= 4 is 15.9 Å². The van der Waals surface area contributed by atoms with Crippen molar-refractivity contribution in [2.75, 3.05) is 7.11 Å². The van der Waals surface area contributed by atoms with Crippen LogP contribution in [0.25, 0.3) is 0 Å². The molecule has 0 aliphatic heterocycles. The van der Waals surface area contributed by atoms with Gasteiger partial charge in [-0.1, -0.05) is 28.1 Å². The molecule has 3 nitrogen and oxygen atoms in total. The average Bonchev–Trinajstić information content (AvgIpc) is 2.43. The summed E-state index contributed by atoms with van der Waals surface area (Å²) in [5, 5.41) is 0. The minimum absolute atomic E-state index is 0.122. The molecule has 20 heavy (non-hydrogen) atoms. The zero-order valence-corrected chi connectivity index (χ0v) is 12.2. The smallest absolute Gasteiger partial charge is 0.165 e. The fraction of sp³-hybridized carbons (Fsp3) is 0.143. The van der Waals surface area contributed by atoms with Gasteiger partial charge in [-0.15, -0.1) is 0 Å². The highest BCUT2D eigenvalue weighted by Gasteiger charge is 2.20. The van der Waals surface area contributed by atoms with Gasteiger partial charge in [0.15, 0.2) is 11.6 Å². The lowest BCUT2D eigenvalue weighted by atomic mass is 9.98. The van der Waals surface area contributed by atoms with Gasteiger partial charge in [0.25, 0.3) is 0 Å². The van der Waals surface area contributed by atoms with E-state index in [0.717, 1.165) is 0 Å². The van der Waals surface area contributed by atoms with Gasteiger partial charge in [-0.05, 0) is 29.8 Å². The molecule has 0 fully saturated rings. The number of rotatable bonds is 4. The second kappa shape index (κ2) is 6.30. The summed E-state index contributed by atoms with van der Waals surface area (Å²) in [4.78, 5) is 0. The van der Waals surface area contributed by atoms with Gasteiger partial charge >= 0.3 is 0 Å². The third-order valence-corrected chi connectivity index (χ3v) is 3.66. The molecule has 1 atom stereocenters. The van der Waals surface area contributed by atoms with E-state index in [1.165, 1.54) is 25.3 Å². The third kappa shape index (κ3) is 2.82. The number of nitrogens with two attached hydrogens (primary N) is 1. The normalized spacial score (nSPS) is 12.2. The Kier molecular flexibility index (Phi) is 4.69. The molecular formula is C14H13BrF2N2O. The van der Waals surface area contributed by atoms with Crippen molar-refractivity contribution < 1.29 is 13.5 Å². The Balaban J connectivity index is 2.50. The van der Waals surface area contributed by atoms with Crippen LogP contribution >= 0.6 is 15.9 Å². The predicted octanol–water partition coefficient (Wildman–Crippen LogP) is 3.29. The summed E-state index contributed by atoms with van der Waals surface area (Å²) in [6.07, 6.45) is 0. The third-order valence-electron chi connectivity index (χ3n) is 2.96. The maximum atomic E-state index is 14.0. The summed E-state index contributed by atoms with van der Waals surface area (Å²) in [6.45, 7) is 0. The maximum Gasteiger partial charge on any atom is 0.165 e. The van der Waals surface area contributed by atoms with Crippen molar-refractivity contribution in [3.05, 3.63) is 63.6 Å². The summed E-state index contributed by atoms with van der Waals surface area (Å²) in [6, 6.07) is 8.29. The molecular weight excluding hydrogens is 330 g/mol. The summed E-state index contributed by atoms with van der Waals surface area (Å²) in [5.74, 6) is 4.66. The summed E-state index contributed by atoms with van der Waals surface area (Å²) < 4.78 is 33.1. The number of halogens is 3. The molecule has 0 spiro atoms. The van der Waals surface area contributed by atoms with E-state index in [-0.39, 0.29) is 5.75 Å². The molecule has 0 saturated carbocycles. The van der Waals surface area contributed by atoms with Gasteiger partial charge in [0.2, 0.25) is 0 Å². The van der Waals surface area contributed by atoms with Crippen molar-refractivity contribution in [1.29, 1.82) is 0 Å². The molecule has 0 heterocycles. The van der Waals surface area contributed by atoms with Crippen molar-refractivity contribution in [3.63, 3.8) is 0 Å². The Labute approximate surface area is 123 Å². The van der Waals surface area contributed by atoms with Crippen molar-refractivity contribution in [2.45, 2.75) is 6.04 Å². The van der Waals surface area contributed by atoms with Gasteiger partial charge in [-0.2, -0.15) is 0 Å². The Morgan fingerprint density at radius 1 is 1.20 bits per heavy atom. The van der Waals surface area contributed by atoms with Crippen LogP contribution in [0, 0.1) is 11.6 Å². The van der Waals surface area contributed by atoms with Crippen LogP contribution in [0.15, 0.2) is 40.9 Å². The van der Waals surface area contributed by atoms with Crippen LogP contribution in [0.1, 0.15) is 17.2 Å². The van der Waals surface area contributed by atoms with Gasteiger partial charge in [-0.3, -0.25) is 5.84 Å². The number of nitrogens with one attached hydrogen (secondary N) is 1. The average molecular weight is 343 g/mol. The van der Waals surface area contributed by atoms with E-state index in [1.54, 1.807) is 18.2 Å². The molecule has 1 unspecified atom stereocenters. The Morgan fingerprint density at radius 2 is 1.95 bits per heavy atom. The molecule has 0 aliphatic carbocycles. The predicted molar refractivity (Wildman–Crippen MR) is 76.2 cm³/mol. The van der Waals surface area contributed by atoms with Crippen molar-refractivity contribution in [1.82, 2.24) is 5.43 Å². The largest absolute Gasteiger partial charge is 0.494 e. The molecule has 106 valence electrons. The number of ether oxygens (including phenoxy) is 1. The van der Waals surface area contributed by atoms with Crippen LogP contribution in [0.2, 0.25) is 0 Å². The van der Waals surface area contributed by atoms with Crippen LogP contribution in [-0.2, 0) is 0 Å². The molecule has 0 bridgehead atoms. The number of hydrazine groups is 1. The van der Waals surface area contributed by atoms with E-state index in [4.69, 9.17) is 10.6 Å². The highest BCUT2D eigenvalue weighted by Crippen LogP contribution is 2.32. The van der Waals surface area contributed by atoms with Gasteiger partial charge in [0.1, 0.15) is 5.82 Å². The maximum absolute atomic E-state index is 14.0.